The van der Waals surface area contributed by atoms with Gasteiger partial charge in [-0.3, -0.25) is 4.79 Å². The highest BCUT2D eigenvalue weighted by Crippen LogP contribution is 2.18. The van der Waals surface area contributed by atoms with E-state index in [-0.39, 0.29) is 12.0 Å². The lowest BCUT2D eigenvalue weighted by atomic mass is 9.96. The third-order valence-corrected chi connectivity index (χ3v) is 3.84. The highest BCUT2D eigenvalue weighted by atomic mass is 79.9. The Morgan fingerprint density at radius 2 is 1.78 bits per heavy atom. The second kappa shape index (κ2) is 5.73. The molecular weight excluding hydrogens is 311 g/mol. The van der Waals surface area contributed by atoms with E-state index in [1.165, 1.54) is 0 Å². The molecule has 0 unspecified atom stereocenters. The molecule has 0 bridgehead atoms. The van der Waals surface area contributed by atoms with Gasteiger partial charge in [0.15, 0.2) is 0 Å². The molecule has 18 heavy (non-hydrogen) atoms. The first-order valence-corrected chi connectivity index (χ1v) is 6.38. The van der Waals surface area contributed by atoms with Gasteiger partial charge in [0.1, 0.15) is 23.0 Å². The van der Waals surface area contributed by atoms with Crippen LogP contribution < -0.4 is 5.32 Å². The minimum Gasteiger partial charge on any atom is -0.351 e. The number of nitrogens with one attached hydrogen (secondary N) is 1. The van der Waals surface area contributed by atoms with Crippen molar-refractivity contribution < 1.29 is 18.0 Å². The Bertz CT molecular complexity index is 440. The fourth-order valence-electron chi connectivity index (χ4n) is 1.21. The van der Waals surface area contributed by atoms with Gasteiger partial charge in [-0.05, 0) is 5.41 Å². The molecule has 1 amide bonds. The number of hydrogen-bond donors (Lipinski definition) is 1. The summed E-state index contributed by atoms with van der Waals surface area (Å²) < 4.78 is 39.3. The maximum atomic E-state index is 13.3. The number of amides is 1. The summed E-state index contributed by atoms with van der Waals surface area (Å²) in [5, 5.41) is 3.04. The van der Waals surface area contributed by atoms with Crippen molar-refractivity contribution in [2.45, 2.75) is 13.8 Å². The zero-order valence-corrected chi connectivity index (χ0v) is 11.6. The molecule has 0 saturated heterocycles. The van der Waals surface area contributed by atoms with Crippen molar-refractivity contribution in [3.05, 3.63) is 35.1 Å². The minimum atomic E-state index is -1.21. The van der Waals surface area contributed by atoms with Crippen LogP contribution in [0.5, 0.6) is 0 Å². The molecule has 0 spiro atoms. The third kappa shape index (κ3) is 3.73. The second-order valence-corrected chi connectivity index (χ2v) is 5.29. The summed E-state index contributed by atoms with van der Waals surface area (Å²) in [6, 6.07) is 0.960. The molecule has 6 heteroatoms. The highest BCUT2D eigenvalue weighted by molar-refractivity contribution is 9.09. The van der Waals surface area contributed by atoms with E-state index in [4.69, 9.17) is 0 Å². The molecule has 1 aromatic carbocycles. The van der Waals surface area contributed by atoms with Crippen LogP contribution in [0.2, 0.25) is 0 Å². The van der Waals surface area contributed by atoms with Crippen LogP contribution in [0, 0.1) is 22.9 Å². The van der Waals surface area contributed by atoms with Crippen molar-refractivity contribution in [2.24, 2.45) is 5.41 Å². The number of carbonyl (C=O) groups excluding carboxylic acids is 1. The largest absolute Gasteiger partial charge is 0.351 e. The number of hydrogen-bond acceptors (Lipinski definition) is 1. The minimum absolute atomic E-state index is 0.243. The molecule has 0 heterocycles. The fraction of sp³-hybridized carbons (Fsp3) is 0.417. The van der Waals surface area contributed by atoms with Crippen LogP contribution in [0.15, 0.2) is 12.1 Å². The Labute approximate surface area is 112 Å². The van der Waals surface area contributed by atoms with Crippen molar-refractivity contribution in [2.75, 3.05) is 11.9 Å². The average Bonchev–Trinajstić information content (AvgIpc) is 2.25. The van der Waals surface area contributed by atoms with Gasteiger partial charge in [-0.1, -0.05) is 29.8 Å². The van der Waals surface area contributed by atoms with Gasteiger partial charge in [0.05, 0.1) is 0 Å². The Morgan fingerprint density at radius 1 is 1.28 bits per heavy atom. The van der Waals surface area contributed by atoms with E-state index >= 15 is 0 Å². The van der Waals surface area contributed by atoms with Gasteiger partial charge in [0.2, 0.25) is 0 Å². The van der Waals surface area contributed by atoms with Crippen LogP contribution >= 0.6 is 15.9 Å². The summed E-state index contributed by atoms with van der Waals surface area (Å²) in [5.74, 6) is -4.36. The smallest absolute Gasteiger partial charge is 0.257 e. The van der Waals surface area contributed by atoms with Crippen LogP contribution in [0.4, 0.5) is 13.2 Å². The van der Waals surface area contributed by atoms with Gasteiger partial charge < -0.3 is 5.32 Å². The van der Waals surface area contributed by atoms with E-state index in [2.05, 4.69) is 21.2 Å². The van der Waals surface area contributed by atoms with Crippen molar-refractivity contribution >= 4 is 21.8 Å². The molecule has 0 atom stereocenters. The average molecular weight is 324 g/mol. The molecule has 0 radical (unpaired) electrons. The Morgan fingerprint density at radius 3 is 2.22 bits per heavy atom. The topological polar surface area (TPSA) is 29.1 Å². The van der Waals surface area contributed by atoms with Crippen molar-refractivity contribution in [3.63, 3.8) is 0 Å². The SMILES string of the molecule is CC(C)(CBr)CNC(=O)c1c(F)cc(F)cc1F. The summed E-state index contributed by atoms with van der Waals surface area (Å²) in [6.45, 7) is 3.99. The van der Waals surface area contributed by atoms with Gasteiger partial charge in [-0.25, -0.2) is 13.2 Å². The molecule has 1 aromatic rings. The van der Waals surface area contributed by atoms with Crippen LogP contribution in [0.3, 0.4) is 0 Å². The lowest BCUT2D eigenvalue weighted by molar-refractivity contribution is 0.0931. The lowest BCUT2D eigenvalue weighted by Gasteiger charge is -2.22. The molecule has 0 fully saturated rings. The van der Waals surface area contributed by atoms with Crippen LogP contribution in [0.1, 0.15) is 24.2 Å². The maximum absolute atomic E-state index is 13.3. The van der Waals surface area contributed by atoms with Crippen LogP contribution in [-0.2, 0) is 0 Å². The predicted octanol–water partition coefficient (Wildman–Crippen LogP) is 3.25. The Kier molecular flexibility index (Phi) is 4.78. The number of benzene rings is 1. The first-order valence-electron chi connectivity index (χ1n) is 5.25. The Hall–Kier alpha value is -1.04. The zero-order chi connectivity index (χ0) is 13.9. The van der Waals surface area contributed by atoms with E-state index in [9.17, 15) is 18.0 Å². The zero-order valence-electron chi connectivity index (χ0n) is 9.99. The summed E-state index contributed by atoms with van der Waals surface area (Å²) in [5.41, 5.74) is -1.01. The summed E-state index contributed by atoms with van der Waals surface area (Å²) in [7, 11) is 0. The van der Waals surface area contributed by atoms with Gasteiger partial charge in [-0.15, -0.1) is 0 Å². The summed E-state index contributed by atoms with van der Waals surface area (Å²) >= 11 is 3.27. The lowest BCUT2D eigenvalue weighted by Crippen LogP contribution is -2.35. The quantitative estimate of drug-likeness (QED) is 0.847. The molecule has 0 aliphatic heterocycles. The molecule has 0 aliphatic rings. The first-order chi connectivity index (χ1) is 8.26. The summed E-state index contributed by atoms with van der Waals surface area (Å²) in [6.07, 6.45) is 0. The van der Waals surface area contributed by atoms with E-state index in [1.54, 1.807) is 0 Å². The maximum Gasteiger partial charge on any atom is 0.257 e. The Balaban J connectivity index is 2.86. The molecule has 2 nitrogen and oxygen atoms in total. The normalized spacial score (nSPS) is 11.4. The van der Waals surface area contributed by atoms with E-state index < -0.39 is 28.9 Å². The van der Waals surface area contributed by atoms with Crippen molar-refractivity contribution in [1.82, 2.24) is 5.32 Å². The molecule has 1 rings (SSSR count). The fourth-order valence-corrected chi connectivity index (χ4v) is 1.41. The number of carbonyl (C=O) groups is 1. The highest BCUT2D eigenvalue weighted by Gasteiger charge is 2.22. The van der Waals surface area contributed by atoms with Crippen molar-refractivity contribution in [1.29, 1.82) is 0 Å². The van der Waals surface area contributed by atoms with Crippen LogP contribution in [-0.4, -0.2) is 17.8 Å². The van der Waals surface area contributed by atoms with E-state index in [0.29, 0.717) is 17.5 Å². The predicted molar refractivity (Wildman–Crippen MR) is 66.2 cm³/mol. The van der Waals surface area contributed by atoms with Gasteiger partial charge >= 0.3 is 0 Å². The van der Waals surface area contributed by atoms with E-state index in [0.717, 1.165) is 0 Å². The molecule has 100 valence electrons. The first kappa shape index (κ1) is 15.0. The molecule has 1 N–H and O–H groups in total. The van der Waals surface area contributed by atoms with Gasteiger partial charge in [0.25, 0.3) is 5.91 Å². The number of alkyl halides is 1. The monoisotopic (exact) mass is 323 g/mol. The number of rotatable bonds is 4. The molecule has 0 aromatic heterocycles. The number of halogens is 4. The summed E-state index contributed by atoms with van der Waals surface area (Å²) in [4.78, 5) is 11.6. The van der Waals surface area contributed by atoms with Gasteiger partial charge in [-0.2, -0.15) is 0 Å². The van der Waals surface area contributed by atoms with Gasteiger partial charge in [0, 0.05) is 24.0 Å². The standard InChI is InChI=1S/C12H13BrF3NO/c1-12(2,5-13)6-17-11(18)10-8(15)3-7(14)4-9(10)16/h3-4H,5-6H2,1-2H3,(H,17,18). The van der Waals surface area contributed by atoms with Crippen molar-refractivity contribution in [3.8, 4) is 0 Å². The van der Waals surface area contributed by atoms with E-state index in [1.807, 2.05) is 13.8 Å². The third-order valence-electron chi connectivity index (χ3n) is 2.32. The second-order valence-electron chi connectivity index (χ2n) is 4.72. The molecule has 0 saturated carbocycles. The molecular formula is C12H13BrF3NO. The van der Waals surface area contributed by atoms with Crippen LogP contribution in [0.25, 0.3) is 0 Å². The molecule has 0 aliphatic carbocycles.